The molecular formula is C12H9ClN4. The lowest BCUT2D eigenvalue weighted by Crippen LogP contribution is -1.89. The van der Waals surface area contributed by atoms with Crippen molar-refractivity contribution in [2.45, 2.75) is 6.92 Å². The van der Waals surface area contributed by atoms with Gasteiger partial charge in [0.2, 0.25) is 5.28 Å². The van der Waals surface area contributed by atoms with Gasteiger partial charge in [0.1, 0.15) is 12.0 Å². The lowest BCUT2D eigenvalue weighted by molar-refractivity contribution is 1.07. The van der Waals surface area contributed by atoms with Crippen molar-refractivity contribution < 1.29 is 0 Å². The maximum atomic E-state index is 5.79. The number of imidazole rings is 1. The highest BCUT2D eigenvalue weighted by Crippen LogP contribution is 2.22. The zero-order chi connectivity index (χ0) is 11.8. The Morgan fingerprint density at radius 2 is 2.06 bits per heavy atom. The zero-order valence-electron chi connectivity index (χ0n) is 9.13. The van der Waals surface area contributed by atoms with Gasteiger partial charge < -0.3 is 4.40 Å². The Morgan fingerprint density at radius 3 is 2.88 bits per heavy atom. The molecule has 3 rings (SSSR count). The van der Waals surface area contributed by atoms with Crippen molar-refractivity contribution in [3.63, 3.8) is 0 Å². The molecule has 3 aromatic heterocycles. The van der Waals surface area contributed by atoms with E-state index in [-0.39, 0.29) is 5.28 Å². The van der Waals surface area contributed by atoms with E-state index in [4.69, 9.17) is 11.6 Å². The van der Waals surface area contributed by atoms with Crippen LogP contribution in [0.15, 0.2) is 36.8 Å². The summed E-state index contributed by atoms with van der Waals surface area (Å²) >= 11 is 5.79. The van der Waals surface area contributed by atoms with Crippen LogP contribution in [0, 0.1) is 6.92 Å². The molecule has 4 nitrogen and oxygen atoms in total. The van der Waals surface area contributed by atoms with Crippen LogP contribution in [0.3, 0.4) is 0 Å². The Hall–Kier alpha value is -1.94. The Balaban J connectivity index is 2.28. The van der Waals surface area contributed by atoms with Gasteiger partial charge in [-0.05, 0) is 36.7 Å². The first kappa shape index (κ1) is 10.2. The van der Waals surface area contributed by atoms with E-state index >= 15 is 0 Å². The van der Waals surface area contributed by atoms with E-state index in [1.165, 1.54) is 0 Å². The van der Waals surface area contributed by atoms with Gasteiger partial charge in [-0.2, -0.15) is 0 Å². The molecule has 0 aliphatic rings. The SMILES string of the molecule is Cc1cccc2c(-c3ccnc(Cl)n3)ncn12. The molecule has 0 saturated heterocycles. The molecule has 0 aliphatic carbocycles. The van der Waals surface area contributed by atoms with Gasteiger partial charge in [-0.15, -0.1) is 0 Å². The van der Waals surface area contributed by atoms with Gasteiger partial charge in [0.25, 0.3) is 0 Å². The maximum Gasteiger partial charge on any atom is 0.222 e. The number of pyridine rings is 1. The summed E-state index contributed by atoms with van der Waals surface area (Å²) in [6, 6.07) is 7.84. The predicted octanol–water partition coefficient (Wildman–Crippen LogP) is 2.75. The summed E-state index contributed by atoms with van der Waals surface area (Å²) in [7, 11) is 0. The van der Waals surface area contributed by atoms with Crippen LogP contribution in [0.1, 0.15) is 5.69 Å². The molecule has 0 aromatic carbocycles. The summed E-state index contributed by atoms with van der Waals surface area (Å²) < 4.78 is 2.02. The summed E-state index contributed by atoms with van der Waals surface area (Å²) in [4.78, 5) is 12.4. The van der Waals surface area contributed by atoms with Crippen LogP contribution in [0.5, 0.6) is 0 Å². The summed E-state index contributed by atoms with van der Waals surface area (Å²) in [5.74, 6) is 0. The fraction of sp³-hybridized carbons (Fsp3) is 0.0833. The minimum atomic E-state index is 0.233. The van der Waals surface area contributed by atoms with Crippen molar-refractivity contribution in [2.75, 3.05) is 0 Å². The average molecular weight is 245 g/mol. The molecule has 0 spiro atoms. The summed E-state index contributed by atoms with van der Waals surface area (Å²) in [6.07, 6.45) is 3.42. The van der Waals surface area contributed by atoms with E-state index in [9.17, 15) is 0 Å². The second-order valence-electron chi connectivity index (χ2n) is 3.73. The molecule has 3 aromatic rings. The lowest BCUT2D eigenvalue weighted by atomic mass is 10.2. The monoisotopic (exact) mass is 244 g/mol. The van der Waals surface area contributed by atoms with Crippen LogP contribution in [0.4, 0.5) is 0 Å². The quantitative estimate of drug-likeness (QED) is 0.618. The number of aromatic nitrogens is 4. The van der Waals surface area contributed by atoms with Crippen molar-refractivity contribution >= 4 is 17.1 Å². The molecule has 0 radical (unpaired) electrons. The number of aryl methyl sites for hydroxylation is 1. The minimum Gasteiger partial charge on any atom is -0.303 e. The van der Waals surface area contributed by atoms with Crippen LogP contribution >= 0.6 is 11.6 Å². The van der Waals surface area contributed by atoms with Crippen LogP contribution in [0.25, 0.3) is 16.9 Å². The van der Waals surface area contributed by atoms with Crippen molar-refractivity contribution in [3.8, 4) is 11.4 Å². The Kier molecular flexibility index (Phi) is 2.30. The summed E-state index contributed by atoms with van der Waals surface area (Å²) in [5.41, 5.74) is 3.69. The number of nitrogens with zero attached hydrogens (tertiary/aromatic N) is 4. The molecule has 0 amide bonds. The van der Waals surface area contributed by atoms with Gasteiger partial charge >= 0.3 is 0 Å². The van der Waals surface area contributed by atoms with E-state index in [0.29, 0.717) is 0 Å². The first-order chi connectivity index (χ1) is 8.25. The highest BCUT2D eigenvalue weighted by atomic mass is 35.5. The average Bonchev–Trinajstić information content (AvgIpc) is 2.74. The third kappa shape index (κ3) is 1.66. The number of hydrogen-bond acceptors (Lipinski definition) is 3. The maximum absolute atomic E-state index is 5.79. The topological polar surface area (TPSA) is 43.1 Å². The molecule has 0 fully saturated rings. The standard InChI is InChI=1S/C12H9ClN4/c1-8-3-2-4-10-11(15-7-17(8)10)9-5-6-14-12(13)16-9/h2-7H,1H3. The van der Waals surface area contributed by atoms with Crippen molar-refractivity contribution in [1.29, 1.82) is 0 Å². The van der Waals surface area contributed by atoms with Crippen LogP contribution in [-0.2, 0) is 0 Å². The summed E-state index contributed by atoms with van der Waals surface area (Å²) in [6.45, 7) is 2.03. The van der Waals surface area contributed by atoms with E-state index < -0.39 is 0 Å². The molecule has 84 valence electrons. The Labute approximate surface area is 103 Å². The molecule has 3 heterocycles. The van der Waals surface area contributed by atoms with Crippen molar-refractivity contribution in [1.82, 2.24) is 19.4 Å². The molecule has 0 saturated carbocycles. The van der Waals surface area contributed by atoms with Gasteiger partial charge in [0.05, 0.1) is 11.2 Å². The molecular weight excluding hydrogens is 236 g/mol. The number of hydrogen-bond donors (Lipinski definition) is 0. The third-order valence-electron chi connectivity index (χ3n) is 2.64. The highest BCUT2D eigenvalue weighted by Gasteiger charge is 2.09. The number of fused-ring (bicyclic) bond motifs is 1. The second-order valence-corrected chi connectivity index (χ2v) is 4.06. The highest BCUT2D eigenvalue weighted by molar-refractivity contribution is 6.28. The van der Waals surface area contributed by atoms with Gasteiger partial charge in [-0.3, -0.25) is 0 Å². The summed E-state index contributed by atoms with van der Waals surface area (Å²) in [5, 5.41) is 0.233. The molecule has 0 unspecified atom stereocenters. The molecule has 17 heavy (non-hydrogen) atoms. The van der Waals surface area contributed by atoms with Gasteiger partial charge in [-0.1, -0.05) is 6.07 Å². The minimum absolute atomic E-state index is 0.233. The number of rotatable bonds is 1. The molecule has 0 atom stereocenters. The van der Waals surface area contributed by atoms with Gasteiger partial charge in [0.15, 0.2) is 0 Å². The van der Waals surface area contributed by atoms with Crippen LogP contribution < -0.4 is 0 Å². The van der Waals surface area contributed by atoms with Crippen LogP contribution in [0.2, 0.25) is 5.28 Å². The van der Waals surface area contributed by atoms with Gasteiger partial charge in [-0.25, -0.2) is 15.0 Å². The normalized spacial score (nSPS) is 10.9. The van der Waals surface area contributed by atoms with Crippen LogP contribution in [-0.4, -0.2) is 19.4 Å². The molecule has 0 bridgehead atoms. The van der Waals surface area contributed by atoms with Crippen molar-refractivity contribution in [3.05, 3.63) is 47.8 Å². The first-order valence-electron chi connectivity index (χ1n) is 5.17. The fourth-order valence-electron chi connectivity index (χ4n) is 1.82. The van der Waals surface area contributed by atoms with E-state index in [0.717, 1.165) is 22.6 Å². The van der Waals surface area contributed by atoms with Crippen molar-refractivity contribution in [2.24, 2.45) is 0 Å². The number of halogens is 1. The molecule has 0 aliphatic heterocycles. The lowest BCUT2D eigenvalue weighted by Gasteiger charge is -2.00. The third-order valence-corrected chi connectivity index (χ3v) is 2.83. The second kappa shape index (κ2) is 3.82. The molecule has 0 N–H and O–H groups in total. The first-order valence-corrected chi connectivity index (χ1v) is 5.55. The van der Waals surface area contributed by atoms with E-state index in [2.05, 4.69) is 15.0 Å². The van der Waals surface area contributed by atoms with E-state index in [1.807, 2.05) is 29.5 Å². The van der Waals surface area contributed by atoms with Gasteiger partial charge in [0, 0.05) is 11.9 Å². The Bertz CT molecular complexity index is 690. The van der Waals surface area contributed by atoms with E-state index in [1.54, 1.807) is 18.6 Å². The Morgan fingerprint density at radius 1 is 1.18 bits per heavy atom. The zero-order valence-corrected chi connectivity index (χ0v) is 9.89. The molecule has 5 heteroatoms. The fourth-order valence-corrected chi connectivity index (χ4v) is 1.97. The largest absolute Gasteiger partial charge is 0.303 e. The predicted molar refractivity (Wildman–Crippen MR) is 66.0 cm³/mol. The smallest absolute Gasteiger partial charge is 0.222 e.